The van der Waals surface area contributed by atoms with E-state index < -0.39 is 0 Å². The van der Waals surface area contributed by atoms with Crippen LogP contribution in [0.5, 0.6) is 0 Å². The molecule has 1 rings (SSSR count). The molecule has 5 nitrogen and oxygen atoms in total. The van der Waals surface area contributed by atoms with Crippen molar-refractivity contribution in [2.24, 2.45) is 5.92 Å². The fraction of sp³-hybridized carbons (Fsp3) is 0.688. The molecule has 0 radical (unpaired) electrons. The molecule has 5 heteroatoms. The second kappa shape index (κ2) is 8.85. The van der Waals surface area contributed by atoms with E-state index in [4.69, 9.17) is 10.2 Å². The molecule has 120 valence electrons. The Bertz CT molecular complexity index is 397. The normalized spacial score (nSPS) is 17.6. The van der Waals surface area contributed by atoms with Crippen molar-refractivity contribution < 1.29 is 4.84 Å². The van der Waals surface area contributed by atoms with Crippen molar-refractivity contribution in [1.29, 1.82) is 5.41 Å². The SMILES string of the molecule is CCNO/C(C)=C/C(=N)/C(C)=C/N(C)CC1CN(CC)C1. The van der Waals surface area contributed by atoms with Crippen LogP contribution in [0.4, 0.5) is 0 Å². The highest BCUT2D eigenvalue weighted by Crippen LogP contribution is 2.16. The summed E-state index contributed by atoms with van der Waals surface area (Å²) in [5, 5.41) is 8.07. The standard InChI is InChI=1S/C16H30N4O/c1-6-18-21-14(4)8-16(17)13(3)9-19(5)10-15-11-20(7-2)12-15/h8-9,15,17-18H,6-7,10-12H2,1-5H3/b13-9+,14-8+,17-16?. The third-order valence-corrected chi connectivity index (χ3v) is 3.59. The molecule has 21 heavy (non-hydrogen) atoms. The number of hydrogen-bond acceptors (Lipinski definition) is 5. The van der Waals surface area contributed by atoms with E-state index in [1.54, 1.807) is 6.08 Å². The molecular weight excluding hydrogens is 264 g/mol. The average molecular weight is 294 g/mol. The summed E-state index contributed by atoms with van der Waals surface area (Å²) < 4.78 is 0. The number of allylic oxidation sites excluding steroid dienone is 3. The average Bonchev–Trinajstić information content (AvgIpc) is 2.39. The van der Waals surface area contributed by atoms with Crippen LogP contribution in [-0.4, -0.2) is 55.3 Å². The maximum atomic E-state index is 8.07. The van der Waals surface area contributed by atoms with Crippen LogP contribution in [0, 0.1) is 11.3 Å². The second-order valence-corrected chi connectivity index (χ2v) is 5.74. The van der Waals surface area contributed by atoms with Gasteiger partial charge in [-0.3, -0.25) is 0 Å². The van der Waals surface area contributed by atoms with Crippen molar-refractivity contribution in [1.82, 2.24) is 15.3 Å². The van der Waals surface area contributed by atoms with Gasteiger partial charge in [0.2, 0.25) is 0 Å². The lowest BCUT2D eigenvalue weighted by atomic mass is 10.00. The number of hydroxylamine groups is 1. The molecule has 0 aromatic rings. The topological polar surface area (TPSA) is 51.6 Å². The number of nitrogens with zero attached hydrogens (tertiary/aromatic N) is 2. The summed E-state index contributed by atoms with van der Waals surface area (Å²) >= 11 is 0. The van der Waals surface area contributed by atoms with Crippen molar-refractivity contribution >= 4 is 5.71 Å². The van der Waals surface area contributed by atoms with Crippen molar-refractivity contribution in [2.45, 2.75) is 27.7 Å². The molecule has 1 heterocycles. The maximum Gasteiger partial charge on any atom is 0.123 e. The van der Waals surface area contributed by atoms with E-state index in [9.17, 15) is 0 Å². The minimum Gasteiger partial charge on any atom is -0.413 e. The quantitative estimate of drug-likeness (QED) is 0.389. The predicted molar refractivity (Wildman–Crippen MR) is 88.2 cm³/mol. The highest BCUT2D eigenvalue weighted by molar-refractivity contribution is 6.05. The number of hydrogen-bond donors (Lipinski definition) is 2. The lowest BCUT2D eigenvalue weighted by Crippen LogP contribution is -2.49. The van der Waals surface area contributed by atoms with Crippen LogP contribution < -0.4 is 5.48 Å². The first-order valence-electron chi connectivity index (χ1n) is 7.74. The van der Waals surface area contributed by atoms with E-state index in [0.29, 0.717) is 11.5 Å². The first-order chi connectivity index (χ1) is 9.96. The molecule has 1 aliphatic rings. The van der Waals surface area contributed by atoms with E-state index >= 15 is 0 Å². The minimum absolute atomic E-state index is 0.487. The van der Waals surface area contributed by atoms with Crippen LogP contribution >= 0.6 is 0 Å². The number of likely N-dealkylation sites (tertiary alicyclic amines) is 1. The second-order valence-electron chi connectivity index (χ2n) is 5.74. The summed E-state index contributed by atoms with van der Waals surface area (Å²) in [5.41, 5.74) is 4.22. The van der Waals surface area contributed by atoms with Gasteiger partial charge >= 0.3 is 0 Å². The fourth-order valence-electron chi connectivity index (χ4n) is 2.44. The predicted octanol–water partition coefficient (Wildman–Crippen LogP) is 2.24. The van der Waals surface area contributed by atoms with Gasteiger partial charge in [0, 0.05) is 51.4 Å². The summed E-state index contributed by atoms with van der Waals surface area (Å²) in [6.07, 6.45) is 3.79. The van der Waals surface area contributed by atoms with Gasteiger partial charge in [0.25, 0.3) is 0 Å². The van der Waals surface area contributed by atoms with Crippen LogP contribution in [0.2, 0.25) is 0 Å². The highest BCUT2D eigenvalue weighted by atomic mass is 16.6. The van der Waals surface area contributed by atoms with E-state index in [1.807, 2.05) is 27.0 Å². The molecule has 0 aliphatic carbocycles. The van der Waals surface area contributed by atoms with Gasteiger partial charge in [0.1, 0.15) is 5.76 Å². The number of rotatable bonds is 9. The van der Waals surface area contributed by atoms with Gasteiger partial charge < -0.3 is 20.0 Å². The fourth-order valence-corrected chi connectivity index (χ4v) is 2.44. The zero-order valence-corrected chi connectivity index (χ0v) is 14.1. The Labute approximate surface area is 129 Å². The molecule has 0 amide bonds. The molecular formula is C16H30N4O. The van der Waals surface area contributed by atoms with E-state index in [1.165, 1.54) is 13.1 Å². The smallest absolute Gasteiger partial charge is 0.123 e. The summed E-state index contributed by atoms with van der Waals surface area (Å²) in [5.74, 6) is 1.46. The molecule has 1 aliphatic heterocycles. The Kier molecular flexibility index (Phi) is 7.47. The molecule has 0 unspecified atom stereocenters. The lowest BCUT2D eigenvalue weighted by molar-refractivity contribution is 0.0899. The molecule has 2 N–H and O–H groups in total. The molecule has 1 saturated heterocycles. The van der Waals surface area contributed by atoms with Crippen molar-refractivity contribution in [3.63, 3.8) is 0 Å². The minimum atomic E-state index is 0.487. The molecule has 0 bridgehead atoms. The van der Waals surface area contributed by atoms with Crippen LogP contribution in [0.25, 0.3) is 0 Å². The third kappa shape index (κ3) is 6.31. The van der Waals surface area contributed by atoms with Crippen LogP contribution in [0.3, 0.4) is 0 Å². The summed E-state index contributed by atoms with van der Waals surface area (Å²) in [4.78, 5) is 9.89. The van der Waals surface area contributed by atoms with E-state index in [2.05, 4.69) is 29.3 Å². The van der Waals surface area contributed by atoms with Gasteiger partial charge in [-0.15, -0.1) is 0 Å². The summed E-state index contributed by atoms with van der Waals surface area (Å²) in [6, 6.07) is 0. The van der Waals surface area contributed by atoms with Gasteiger partial charge in [-0.1, -0.05) is 6.92 Å². The van der Waals surface area contributed by atoms with Gasteiger partial charge in [-0.2, -0.15) is 5.48 Å². The van der Waals surface area contributed by atoms with Crippen LogP contribution in [-0.2, 0) is 4.84 Å². The zero-order chi connectivity index (χ0) is 15.8. The van der Waals surface area contributed by atoms with E-state index in [-0.39, 0.29) is 0 Å². The van der Waals surface area contributed by atoms with Crippen molar-refractivity contribution in [3.8, 4) is 0 Å². The van der Waals surface area contributed by atoms with Gasteiger partial charge in [-0.05, 0) is 32.9 Å². The van der Waals surface area contributed by atoms with E-state index in [0.717, 1.165) is 31.1 Å². The van der Waals surface area contributed by atoms with Crippen LogP contribution in [0.1, 0.15) is 27.7 Å². The van der Waals surface area contributed by atoms with Gasteiger partial charge in [0.05, 0.1) is 5.71 Å². The Morgan fingerprint density at radius 3 is 2.62 bits per heavy atom. The van der Waals surface area contributed by atoms with Crippen LogP contribution in [0.15, 0.2) is 23.6 Å². The molecule has 1 fully saturated rings. The number of nitrogens with one attached hydrogen (secondary N) is 2. The summed E-state index contributed by atoms with van der Waals surface area (Å²) in [7, 11) is 2.08. The Balaban J connectivity index is 2.41. The van der Waals surface area contributed by atoms with Crippen molar-refractivity contribution in [3.05, 3.63) is 23.6 Å². The van der Waals surface area contributed by atoms with Gasteiger partial charge in [0.15, 0.2) is 0 Å². The largest absolute Gasteiger partial charge is 0.413 e. The monoisotopic (exact) mass is 294 g/mol. The zero-order valence-electron chi connectivity index (χ0n) is 14.1. The van der Waals surface area contributed by atoms with Crippen molar-refractivity contribution in [2.75, 3.05) is 39.8 Å². The third-order valence-electron chi connectivity index (χ3n) is 3.59. The summed E-state index contributed by atoms with van der Waals surface area (Å²) in [6.45, 7) is 13.3. The lowest BCUT2D eigenvalue weighted by Gasteiger charge is -2.40. The first-order valence-corrected chi connectivity index (χ1v) is 7.74. The maximum absolute atomic E-state index is 8.07. The molecule has 0 aromatic carbocycles. The molecule has 0 atom stereocenters. The molecule has 0 saturated carbocycles. The highest BCUT2D eigenvalue weighted by Gasteiger charge is 2.25. The Morgan fingerprint density at radius 1 is 1.38 bits per heavy atom. The molecule has 0 aromatic heterocycles. The molecule has 0 spiro atoms. The van der Waals surface area contributed by atoms with Gasteiger partial charge in [-0.25, -0.2) is 0 Å². The first kappa shape index (κ1) is 17.7. The Hall–Kier alpha value is -1.33. The Morgan fingerprint density at radius 2 is 2.05 bits per heavy atom.